The first kappa shape index (κ1) is 16.9. The highest BCUT2D eigenvalue weighted by Gasteiger charge is 2.27. The van der Waals surface area contributed by atoms with E-state index in [4.69, 9.17) is 0 Å². The van der Waals surface area contributed by atoms with E-state index < -0.39 is 27.8 Å². The van der Waals surface area contributed by atoms with Crippen LogP contribution in [0.3, 0.4) is 0 Å². The molecule has 0 aliphatic carbocycles. The number of carbonyl (C=O) groups is 2. The fraction of sp³-hybridized carbons (Fsp3) is 0.125. The molecule has 1 unspecified atom stereocenters. The first-order chi connectivity index (χ1) is 10.9. The predicted octanol–water partition coefficient (Wildman–Crippen LogP) is 2.37. The number of rotatable bonds is 6. The second-order valence-electron chi connectivity index (χ2n) is 4.69. The van der Waals surface area contributed by atoms with Crippen molar-refractivity contribution in [3.8, 4) is 0 Å². The molecule has 6 nitrogen and oxygen atoms in total. The van der Waals surface area contributed by atoms with Crippen LogP contribution in [0.25, 0.3) is 0 Å². The van der Waals surface area contributed by atoms with Gasteiger partial charge in [0.15, 0.2) is 5.78 Å². The molecule has 1 atom stereocenters. The smallest absolute Gasteiger partial charge is 0.293 e. The molecule has 2 rings (SSSR count). The van der Waals surface area contributed by atoms with Gasteiger partial charge in [0.25, 0.3) is 0 Å². The topological polar surface area (TPSA) is 86.7 Å². The third kappa shape index (κ3) is 4.24. The molecule has 0 amide bonds. The zero-order valence-corrected chi connectivity index (χ0v) is 13.0. The van der Waals surface area contributed by atoms with Crippen molar-refractivity contribution >= 4 is 21.9 Å². The van der Waals surface area contributed by atoms with Gasteiger partial charge < -0.3 is 0 Å². The maximum atomic E-state index is 12.1. The van der Waals surface area contributed by atoms with Crippen LogP contribution in [0.15, 0.2) is 65.6 Å². The fourth-order valence-electron chi connectivity index (χ4n) is 1.74. The van der Waals surface area contributed by atoms with Crippen molar-refractivity contribution in [2.75, 3.05) is 0 Å². The zero-order valence-electron chi connectivity index (χ0n) is 12.2. The van der Waals surface area contributed by atoms with Crippen LogP contribution in [0.4, 0.5) is 0 Å². The minimum absolute atomic E-state index is 0.158. The van der Waals surface area contributed by atoms with Gasteiger partial charge in [0.05, 0.1) is 4.90 Å². The summed E-state index contributed by atoms with van der Waals surface area (Å²) in [6.07, 6.45) is 0. The Labute approximate surface area is 133 Å². The van der Waals surface area contributed by atoms with Crippen molar-refractivity contribution in [1.82, 2.24) is 0 Å². The molecule has 0 saturated carbocycles. The second kappa shape index (κ2) is 7.17. The molecule has 0 fully saturated rings. The van der Waals surface area contributed by atoms with E-state index in [0.717, 1.165) is 0 Å². The molecule has 2 aromatic carbocycles. The number of benzene rings is 2. The summed E-state index contributed by atoms with van der Waals surface area (Å²) in [4.78, 5) is 28.0. The normalized spacial score (nSPS) is 12.4. The highest BCUT2D eigenvalue weighted by molar-refractivity contribution is 7.86. The predicted molar refractivity (Wildman–Crippen MR) is 80.7 cm³/mol. The van der Waals surface area contributed by atoms with Crippen molar-refractivity contribution in [2.24, 2.45) is 5.92 Å². The lowest BCUT2D eigenvalue weighted by Crippen LogP contribution is -2.24. The molecule has 0 aromatic heterocycles. The van der Waals surface area contributed by atoms with Crippen molar-refractivity contribution in [2.45, 2.75) is 11.8 Å². The summed E-state index contributed by atoms with van der Waals surface area (Å²) in [5.41, 5.74) is 0.322. The Morgan fingerprint density at radius 1 is 0.913 bits per heavy atom. The van der Waals surface area contributed by atoms with Crippen molar-refractivity contribution in [1.29, 1.82) is 0 Å². The summed E-state index contributed by atoms with van der Waals surface area (Å²) < 4.78 is 27.9. The highest BCUT2D eigenvalue weighted by atomic mass is 32.2. The Bertz CT molecular complexity index is 784. The summed E-state index contributed by atoms with van der Waals surface area (Å²) in [6, 6.07) is 15.4. The minimum Gasteiger partial charge on any atom is -0.293 e. The summed E-state index contributed by atoms with van der Waals surface area (Å²) in [7, 11) is -4.23. The summed E-state index contributed by atoms with van der Waals surface area (Å²) in [5.74, 6) is -2.77. The average Bonchev–Trinajstić information content (AvgIpc) is 2.60. The monoisotopic (exact) mass is 334 g/mol. The zero-order chi connectivity index (χ0) is 16.9. The van der Waals surface area contributed by atoms with E-state index in [9.17, 15) is 18.0 Å². The van der Waals surface area contributed by atoms with Gasteiger partial charge in [0.2, 0.25) is 0 Å². The quantitative estimate of drug-likeness (QED) is 0.349. The van der Waals surface area contributed by atoms with Crippen LogP contribution in [-0.2, 0) is 24.1 Å². The Balaban J connectivity index is 2.01. The van der Waals surface area contributed by atoms with Gasteiger partial charge in [-0.1, -0.05) is 48.5 Å². The standard InChI is InChI=1S/C16H14O6S/c1-12(15(17)13-8-4-2-5-9-13)16(18)21-22-23(19,20)14-10-6-3-7-11-14/h2-12H,1H3. The van der Waals surface area contributed by atoms with Crippen LogP contribution < -0.4 is 0 Å². The van der Waals surface area contributed by atoms with E-state index in [2.05, 4.69) is 9.22 Å². The van der Waals surface area contributed by atoms with Gasteiger partial charge in [-0.3, -0.25) is 9.68 Å². The molecular formula is C16H14O6S. The third-order valence-electron chi connectivity index (χ3n) is 3.04. The van der Waals surface area contributed by atoms with Crippen LogP contribution in [0, 0.1) is 5.92 Å². The maximum Gasteiger partial charge on any atom is 0.354 e. The largest absolute Gasteiger partial charge is 0.354 e. The van der Waals surface area contributed by atoms with E-state index in [1.165, 1.54) is 31.2 Å². The number of ketones is 1. The lowest BCUT2D eigenvalue weighted by Gasteiger charge is -2.09. The molecule has 0 spiro atoms. The number of hydrogen-bond donors (Lipinski definition) is 0. The van der Waals surface area contributed by atoms with Gasteiger partial charge in [-0.25, -0.2) is 4.79 Å². The molecule has 0 saturated heterocycles. The highest BCUT2D eigenvalue weighted by Crippen LogP contribution is 2.14. The summed E-state index contributed by atoms with van der Waals surface area (Å²) in [5, 5.41) is 0. The SMILES string of the molecule is CC(C(=O)OOS(=O)(=O)c1ccccc1)C(=O)c1ccccc1. The molecule has 0 aliphatic rings. The van der Waals surface area contributed by atoms with Crippen molar-refractivity contribution in [3.63, 3.8) is 0 Å². The van der Waals surface area contributed by atoms with Gasteiger partial charge in [0.1, 0.15) is 5.92 Å². The van der Waals surface area contributed by atoms with Gasteiger partial charge in [-0.2, -0.15) is 8.42 Å². The number of Topliss-reactive ketones (excluding diaryl/α,β-unsaturated/α-hetero) is 1. The Morgan fingerprint density at radius 2 is 1.43 bits per heavy atom. The molecule has 0 radical (unpaired) electrons. The van der Waals surface area contributed by atoms with E-state index >= 15 is 0 Å². The van der Waals surface area contributed by atoms with Gasteiger partial charge in [0, 0.05) is 5.56 Å². The minimum atomic E-state index is -4.23. The maximum absolute atomic E-state index is 12.1. The molecular weight excluding hydrogens is 320 g/mol. The van der Waals surface area contributed by atoms with Crippen molar-refractivity contribution < 1.29 is 27.2 Å². The van der Waals surface area contributed by atoms with Crippen LogP contribution >= 0.6 is 0 Å². The lowest BCUT2D eigenvalue weighted by atomic mass is 10.00. The van der Waals surface area contributed by atoms with Gasteiger partial charge in [-0.15, -0.1) is 0 Å². The average molecular weight is 334 g/mol. The molecule has 120 valence electrons. The molecule has 0 N–H and O–H groups in total. The van der Waals surface area contributed by atoms with Gasteiger partial charge >= 0.3 is 16.1 Å². The molecule has 23 heavy (non-hydrogen) atoms. The first-order valence-corrected chi connectivity index (χ1v) is 8.12. The second-order valence-corrected chi connectivity index (χ2v) is 6.21. The van der Waals surface area contributed by atoms with Crippen molar-refractivity contribution in [3.05, 3.63) is 66.2 Å². The Hall–Kier alpha value is -2.51. The van der Waals surface area contributed by atoms with Gasteiger partial charge in [-0.05, 0) is 23.4 Å². The van der Waals surface area contributed by atoms with E-state index in [1.807, 2.05) is 0 Å². The third-order valence-corrected chi connectivity index (χ3v) is 4.14. The number of carbonyl (C=O) groups excluding carboxylic acids is 2. The first-order valence-electron chi connectivity index (χ1n) is 6.71. The Morgan fingerprint density at radius 3 is 2.00 bits per heavy atom. The molecule has 0 heterocycles. The number of hydrogen-bond acceptors (Lipinski definition) is 6. The molecule has 0 bridgehead atoms. The molecule has 7 heteroatoms. The summed E-state index contributed by atoms with van der Waals surface area (Å²) in [6.45, 7) is 1.32. The van der Waals surface area contributed by atoms with Crippen LogP contribution in [-0.4, -0.2) is 20.2 Å². The Kier molecular flexibility index (Phi) is 5.25. The lowest BCUT2D eigenvalue weighted by molar-refractivity contribution is -0.213. The fourth-order valence-corrected chi connectivity index (χ4v) is 2.46. The summed E-state index contributed by atoms with van der Waals surface area (Å²) >= 11 is 0. The van der Waals surface area contributed by atoms with E-state index in [-0.39, 0.29) is 4.90 Å². The van der Waals surface area contributed by atoms with E-state index in [0.29, 0.717) is 5.56 Å². The van der Waals surface area contributed by atoms with Crippen LogP contribution in [0.5, 0.6) is 0 Å². The molecule has 0 aliphatic heterocycles. The van der Waals surface area contributed by atoms with Crippen LogP contribution in [0.1, 0.15) is 17.3 Å². The van der Waals surface area contributed by atoms with E-state index in [1.54, 1.807) is 36.4 Å². The van der Waals surface area contributed by atoms with Crippen LogP contribution in [0.2, 0.25) is 0 Å². The molecule has 2 aromatic rings.